The lowest BCUT2D eigenvalue weighted by molar-refractivity contribution is 0.379. The average molecular weight is 315 g/mol. The van der Waals surface area contributed by atoms with E-state index in [0.717, 1.165) is 18.4 Å². The molecule has 0 saturated heterocycles. The topological polar surface area (TPSA) is 9.23 Å². The minimum atomic E-state index is -1.57. The van der Waals surface area contributed by atoms with Gasteiger partial charge in [0.25, 0.3) is 0 Å². The van der Waals surface area contributed by atoms with Gasteiger partial charge >= 0.3 is 0 Å². The van der Waals surface area contributed by atoms with Gasteiger partial charge in [-0.3, -0.25) is 0 Å². The first kappa shape index (κ1) is 18.6. The molecule has 0 spiro atoms. The fourth-order valence-electron chi connectivity index (χ4n) is 2.49. The fourth-order valence-corrected chi connectivity index (χ4v) is 5.25. The Bertz CT molecular complexity index is 518. The third-order valence-corrected chi connectivity index (χ3v) is 8.86. The maximum absolute atomic E-state index is 6.55. The zero-order chi connectivity index (χ0) is 16.4. The van der Waals surface area contributed by atoms with Gasteiger partial charge in [0.2, 0.25) is 8.32 Å². The van der Waals surface area contributed by atoms with Crippen LogP contribution in [0.5, 0.6) is 0 Å². The monoisotopic (exact) mass is 314 g/mol. The first-order valence-electron chi connectivity index (χ1n) is 8.46. The normalized spacial score (nSPS) is 10.6. The standard InChI is InChI=1S/C20H30OSi/c1-6-22(7-2,8-3)21-20(18(4)5)17-13-12-16-19-14-10-9-11-15-19/h9-11,14-15H,6-8,13,17H2,1-5H3. The highest BCUT2D eigenvalue weighted by Gasteiger charge is 2.31. The van der Waals surface area contributed by atoms with Crippen molar-refractivity contribution in [2.75, 3.05) is 0 Å². The van der Waals surface area contributed by atoms with Crippen molar-refractivity contribution in [3.8, 4) is 11.8 Å². The van der Waals surface area contributed by atoms with Crippen LogP contribution in [0.2, 0.25) is 18.1 Å². The van der Waals surface area contributed by atoms with Crippen LogP contribution in [0.4, 0.5) is 0 Å². The van der Waals surface area contributed by atoms with Gasteiger partial charge in [-0.15, -0.1) is 0 Å². The molecule has 2 heteroatoms. The molecule has 0 saturated carbocycles. The molecule has 1 rings (SSSR count). The number of hydrogen-bond donors (Lipinski definition) is 0. The van der Waals surface area contributed by atoms with E-state index in [0.29, 0.717) is 0 Å². The van der Waals surface area contributed by atoms with Crippen LogP contribution in [0.3, 0.4) is 0 Å². The molecule has 0 N–H and O–H groups in total. The van der Waals surface area contributed by atoms with Gasteiger partial charge in [0.05, 0.1) is 5.76 Å². The van der Waals surface area contributed by atoms with Gasteiger partial charge in [-0.25, -0.2) is 0 Å². The number of hydrogen-bond acceptors (Lipinski definition) is 1. The summed E-state index contributed by atoms with van der Waals surface area (Å²) in [5.41, 5.74) is 2.38. The van der Waals surface area contributed by atoms with E-state index in [2.05, 4.69) is 58.6 Å². The molecule has 0 atom stereocenters. The van der Waals surface area contributed by atoms with Gasteiger partial charge in [0, 0.05) is 18.4 Å². The van der Waals surface area contributed by atoms with Crippen LogP contribution < -0.4 is 0 Å². The molecule has 0 unspecified atom stereocenters. The van der Waals surface area contributed by atoms with E-state index < -0.39 is 8.32 Å². The fraction of sp³-hybridized carbons (Fsp3) is 0.500. The molecule has 0 bridgehead atoms. The van der Waals surface area contributed by atoms with Gasteiger partial charge in [-0.05, 0) is 49.7 Å². The highest BCUT2D eigenvalue weighted by molar-refractivity contribution is 6.73. The van der Waals surface area contributed by atoms with Crippen molar-refractivity contribution in [1.82, 2.24) is 0 Å². The molecule has 1 aromatic rings. The molecule has 120 valence electrons. The van der Waals surface area contributed by atoms with Crippen LogP contribution in [0.1, 0.15) is 53.0 Å². The second-order valence-corrected chi connectivity index (χ2v) is 10.6. The van der Waals surface area contributed by atoms with E-state index >= 15 is 0 Å². The Kier molecular flexibility index (Phi) is 8.05. The summed E-state index contributed by atoms with van der Waals surface area (Å²) in [6, 6.07) is 13.7. The summed E-state index contributed by atoms with van der Waals surface area (Å²) in [5.74, 6) is 7.69. The first-order chi connectivity index (χ1) is 10.6. The van der Waals surface area contributed by atoms with Gasteiger partial charge in [0.1, 0.15) is 0 Å². The second kappa shape index (κ2) is 9.53. The van der Waals surface area contributed by atoms with Gasteiger partial charge in [-0.2, -0.15) is 0 Å². The van der Waals surface area contributed by atoms with Gasteiger partial charge in [-0.1, -0.05) is 50.8 Å². The molecule has 0 heterocycles. The summed E-state index contributed by atoms with van der Waals surface area (Å²) >= 11 is 0. The molecule has 1 aromatic carbocycles. The molecule has 0 aliphatic rings. The van der Waals surface area contributed by atoms with Crippen molar-refractivity contribution < 1.29 is 4.43 Å². The smallest absolute Gasteiger partial charge is 0.250 e. The van der Waals surface area contributed by atoms with Crippen LogP contribution in [0.15, 0.2) is 41.7 Å². The quantitative estimate of drug-likeness (QED) is 0.334. The Morgan fingerprint density at radius 2 is 1.59 bits per heavy atom. The molecule has 0 amide bonds. The van der Waals surface area contributed by atoms with Crippen LogP contribution in [0, 0.1) is 11.8 Å². The summed E-state index contributed by atoms with van der Waals surface area (Å²) in [6.45, 7) is 11.1. The predicted octanol–water partition coefficient (Wildman–Crippen LogP) is 6.13. The highest BCUT2D eigenvalue weighted by Crippen LogP contribution is 2.27. The largest absolute Gasteiger partial charge is 0.547 e. The summed E-state index contributed by atoms with van der Waals surface area (Å²) in [5, 5.41) is 0. The third-order valence-electron chi connectivity index (χ3n) is 4.31. The van der Waals surface area contributed by atoms with Crippen molar-refractivity contribution in [1.29, 1.82) is 0 Å². The van der Waals surface area contributed by atoms with E-state index in [4.69, 9.17) is 4.43 Å². The third kappa shape index (κ3) is 5.73. The Balaban J connectivity index is 2.68. The number of benzene rings is 1. The lowest BCUT2D eigenvalue weighted by atomic mass is 10.2. The van der Waals surface area contributed by atoms with E-state index in [1.807, 2.05) is 18.2 Å². The van der Waals surface area contributed by atoms with E-state index in [-0.39, 0.29) is 0 Å². The van der Waals surface area contributed by atoms with Crippen LogP contribution in [-0.4, -0.2) is 8.32 Å². The molecule has 0 aliphatic carbocycles. The molecule has 0 fully saturated rings. The van der Waals surface area contributed by atoms with E-state index in [1.54, 1.807) is 0 Å². The molecule has 0 radical (unpaired) electrons. The zero-order valence-electron chi connectivity index (χ0n) is 14.8. The maximum Gasteiger partial charge on any atom is 0.250 e. The van der Waals surface area contributed by atoms with Gasteiger partial charge in [0.15, 0.2) is 0 Å². The molecule has 0 aliphatic heterocycles. The maximum atomic E-state index is 6.55. The van der Waals surface area contributed by atoms with Crippen molar-refractivity contribution in [3.05, 3.63) is 47.2 Å². The van der Waals surface area contributed by atoms with Crippen LogP contribution in [-0.2, 0) is 4.43 Å². The molecular formula is C20H30OSi. The Labute approximate surface area is 137 Å². The lowest BCUT2D eigenvalue weighted by Crippen LogP contribution is -2.35. The average Bonchev–Trinajstić information content (AvgIpc) is 2.55. The Morgan fingerprint density at radius 1 is 1.00 bits per heavy atom. The number of allylic oxidation sites excluding steroid dienone is 2. The minimum absolute atomic E-state index is 0.858. The highest BCUT2D eigenvalue weighted by atomic mass is 28.4. The van der Waals surface area contributed by atoms with E-state index in [9.17, 15) is 0 Å². The lowest BCUT2D eigenvalue weighted by Gasteiger charge is -2.31. The van der Waals surface area contributed by atoms with Crippen molar-refractivity contribution in [3.63, 3.8) is 0 Å². The molecule has 22 heavy (non-hydrogen) atoms. The second-order valence-electron chi connectivity index (χ2n) is 5.94. The van der Waals surface area contributed by atoms with Crippen molar-refractivity contribution in [2.24, 2.45) is 0 Å². The van der Waals surface area contributed by atoms with Gasteiger partial charge < -0.3 is 4.43 Å². The Morgan fingerprint density at radius 3 is 2.09 bits per heavy atom. The summed E-state index contributed by atoms with van der Waals surface area (Å²) in [6.07, 6.45) is 1.79. The summed E-state index contributed by atoms with van der Waals surface area (Å²) < 4.78 is 6.55. The summed E-state index contributed by atoms with van der Waals surface area (Å²) in [7, 11) is -1.57. The number of rotatable bonds is 7. The minimum Gasteiger partial charge on any atom is -0.547 e. The van der Waals surface area contributed by atoms with Crippen molar-refractivity contribution in [2.45, 2.75) is 65.6 Å². The molecular weight excluding hydrogens is 284 g/mol. The van der Waals surface area contributed by atoms with Crippen LogP contribution >= 0.6 is 0 Å². The van der Waals surface area contributed by atoms with Crippen molar-refractivity contribution >= 4 is 8.32 Å². The molecule has 1 nitrogen and oxygen atoms in total. The Hall–Kier alpha value is -1.46. The van der Waals surface area contributed by atoms with E-state index in [1.165, 1.54) is 29.5 Å². The first-order valence-corrected chi connectivity index (χ1v) is 11.0. The predicted molar refractivity (Wildman–Crippen MR) is 99.2 cm³/mol. The SMILES string of the molecule is CC[Si](CC)(CC)OC(CCC#Cc1ccccc1)=C(C)C. The molecule has 0 aromatic heterocycles. The summed E-state index contributed by atoms with van der Waals surface area (Å²) in [4.78, 5) is 0. The zero-order valence-corrected chi connectivity index (χ0v) is 15.8. The van der Waals surface area contributed by atoms with Crippen LogP contribution in [0.25, 0.3) is 0 Å².